The van der Waals surface area contributed by atoms with Gasteiger partial charge in [0.15, 0.2) is 5.60 Å². The van der Waals surface area contributed by atoms with Gasteiger partial charge in [-0.25, -0.2) is 0 Å². The third-order valence-electron chi connectivity index (χ3n) is 2.43. The Morgan fingerprint density at radius 2 is 2.05 bits per heavy atom. The smallest absolute Gasteiger partial charge is 0.325 e. The van der Waals surface area contributed by atoms with Crippen LogP contribution in [-0.4, -0.2) is 28.6 Å². The molecule has 1 rings (SSSR count). The summed E-state index contributed by atoms with van der Waals surface area (Å²) in [6, 6.07) is 5.66. The summed E-state index contributed by atoms with van der Waals surface area (Å²) in [5, 5.41) is 11.6. The Morgan fingerprint density at radius 1 is 1.42 bits per heavy atom. The lowest BCUT2D eigenvalue weighted by Gasteiger charge is -2.26. The number of amides is 1. The molecule has 0 saturated carbocycles. The Balaban J connectivity index is 2.75. The summed E-state index contributed by atoms with van der Waals surface area (Å²) in [5.74, 6) is -1.18. The number of nitrogens with one attached hydrogen (secondary N) is 1. The highest BCUT2D eigenvalue weighted by Gasteiger charge is 2.32. The van der Waals surface area contributed by atoms with Crippen molar-refractivity contribution in [3.8, 4) is 5.75 Å². The molecule has 0 heterocycles. The molecule has 1 atom stereocenters. The number of carbonyl (C=O) groups excluding carboxylic acids is 1. The van der Waals surface area contributed by atoms with E-state index in [0.29, 0.717) is 10.8 Å². The summed E-state index contributed by atoms with van der Waals surface area (Å²) < 4.78 is 5.54. The second kappa shape index (κ2) is 5.93. The number of halogens is 1. The van der Waals surface area contributed by atoms with Gasteiger partial charge in [-0.3, -0.25) is 9.59 Å². The molecule has 2 N–H and O–H groups in total. The molecular weight excluding hydrogens is 270 g/mol. The zero-order chi connectivity index (χ0) is 14.6. The molecule has 104 valence electrons. The van der Waals surface area contributed by atoms with Crippen LogP contribution in [0.4, 0.5) is 0 Å². The van der Waals surface area contributed by atoms with E-state index in [1.807, 2.05) is 0 Å². The average molecular weight is 286 g/mol. The normalized spacial score (nSPS) is 12.6. The Kier molecular flexibility index (Phi) is 4.78. The third-order valence-corrected chi connectivity index (χ3v) is 2.67. The molecule has 0 spiro atoms. The van der Waals surface area contributed by atoms with Crippen LogP contribution in [0.5, 0.6) is 5.75 Å². The Morgan fingerprint density at radius 3 is 2.58 bits per heavy atom. The summed E-state index contributed by atoms with van der Waals surface area (Å²) in [6.07, 6.45) is 0. The molecule has 19 heavy (non-hydrogen) atoms. The van der Waals surface area contributed by atoms with Crippen molar-refractivity contribution in [3.05, 3.63) is 29.3 Å². The standard InChI is InChI=1S/C13H16ClNO4/c1-8(11(16)17)15-12(18)13(2,3)19-10-6-4-5-9(14)7-10/h4-8H,1-3H3,(H,15,18)(H,16,17). The minimum absolute atomic E-state index is 0.440. The Hall–Kier alpha value is -1.75. The van der Waals surface area contributed by atoms with Crippen LogP contribution in [0.25, 0.3) is 0 Å². The van der Waals surface area contributed by atoms with E-state index in [1.165, 1.54) is 6.92 Å². The molecule has 0 radical (unpaired) electrons. The average Bonchev–Trinajstić information content (AvgIpc) is 2.27. The van der Waals surface area contributed by atoms with Gasteiger partial charge in [0.1, 0.15) is 11.8 Å². The number of carbonyl (C=O) groups is 2. The third kappa shape index (κ3) is 4.44. The van der Waals surface area contributed by atoms with Crippen LogP contribution in [0, 0.1) is 0 Å². The van der Waals surface area contributed by atoms with E-state index in [2.05, 4.69) is 5.32 Å². The number of carboxylic acids is 1. The minimum atomic E-state index is -1.20. The van der Waals surface area contributed by atoms with Crippen LogP contribution >= 0.6 is 11.6 Å². The van der Waals surface area contributed by atoms with E-state index >= 15 is 0 Å². The molecule has 0 fully saturated rings. The Labute approximate surface area is 116 Å². The molecule has 1 aromatic carbocycles. The van der Waals surface area contributed by atoms with Gasteiger partial charge in [0.05, 0.1) is 0 Å². The number of aliphatic carboxylic acids is 1. The lowest BCUT2D eigenvalue weighted by Crippen LogP contribution is -2.51. The highest BCUT2D eigenvalue weighted by atomic mass is 35.5. The second-order valence-corrected chi connectivity index (χ2v) is 5.04. The molecule has 0 aliphatic rings. The molecule has 0 bridgehead atoms. The number of carboxylic acid groups (broad SMARTS) is 1. The Bertz CT molecular complexity index is 487. The van der Waals surface area contributed by atoms with E-state index < -0.39 is 23.5 Å². The monoisotopic (exact) mass is 285 g/mol. The van der Waals surface area contributed by atoms with Crippen LogP contribution in [-0.2, 0) is 9.59 Å². The van der Waals surface area contributed by atoms with Crippen LogP contribution in [0.2, 0.25) is 5.02 Å². The number of rotatable bonds is 5. The molecule has 0 aliphatic heterocycles. The van der Waals surface area contributed by atoms with Gasteiger partial charge in [0.25, 0.3) is 5.91 Å². The second-order valence-electron chi connectivity index (χ2n) is 4.60. The fourth-order valence-corrected chi connectivity index (χ4v) is 1.48. The lowest BCUT2D eigenvalue weighted by molar-refractivity contribution is -0.144. The maximum absolute atomic E-state index is 11.9. The molecule has 1 unspecified atom stereocenters. The first-order chi connectivity index (χ1) is 8.72. The number of benzene rings is 1. The predicted octanol–water partition coefficient (Wildman–Crippen LogP) is 2.09. The first-order valence-electron chi connectivity index (χ1n) is 5.71. The van der Waals surface area contributed by atoms with E-state index in [0.717, 1.165) is 0 Å². The van der Waals surface area contributed by atoms with Crippen molar-refractivity contribution in [2.24, 2.45) is 0 Å². The highest BCUT2D eigenvalue weighted by molar-refractivity contribution is 6.30. The van der Waals surface area contributed by atoms with Crippen molar-refractivity contribution < 1.29 is 19.4 Å². The number of ether oxygens (including phenoxy) is 1. The lowest BCUT2D eigenvalue weighted by atomic mass is 10.1. The maximum Gasteiger partial charge on any atom is 0.325 e. The topological polar surface area (TPSA) is 75.6 Å². The van der Waals surface area contributed by atoms with E-state index in [1.54, 1.807) is 38.1 Å². The van der Waals surface area contributed by atoms with Crippen molar-refractivity contribution in [2.75, 3.05) is 0 Å². The van der Waals surface area contributed by atoms with Crippen molar-refractivity contribution in [1.29, 1.82) is 0 Å². The molecule has 0 aliphatic carbocycles. The summed E-state index contributed by atoms with van der Waals surface area (Å²) in [4.78, 5) is 22.6. The van der Waals surface area contributed by atoms with Gasteiger partial charge in [-0.2, -0.15) is 0 Å². The molecule has 1 amide bonds. The number of hydrogen-bond donors (Lipinski definition) is 2. The van der Waals surface area contributed by atoms with Gasteiger partial charge in [0, 0.05) is 5.02 Å². The fraction of sp³-hybridized carbons (Fsp3) is 0.385. The first kappa shape index (κ1) is 15.3. The summed E-state index contributed by atoms with van der Waals surface area (Å²) in [7, 11) is 0. The van der Waals surface area contributed by atoms with Gasteiger partial charge < -0.3 is 15.2 Å². The zero-order valence-corrected chi connectivity index (χ0v) is 11.7. The number of hydrogen-bond acceptors (Lipinski definition) is 3. The molecule has 6 heteroatoms. The van der Waals surface area contributed by atoms with E-state index in [4.69, 9.17) is 21.4 Å². The van der Waals surface area contributed by atoms with Gasteiger partial charge in [-0.1, -0.05) is 17.7 Å². The van der Waals surface area contributed by atoms with Crippen LogP contribution < -0.4 is 10.1 Å². The van der Waals surface area contributed by atoms with Gasteiger partial charge >= 0.3 is 5.97 Å². The summed E-state index contributed by atoms with van der Waals surface area (Å²) in [6.45, 7) is 4.49. The van der Waals surface area contributed by atoms with Crippen LogP contribution in [0.15, 0.2) is 24.3 Å². The van der Waals surface area contributed by atoms with Crippen molar-refractivity contribution in [1.82, 2.24) is 5.32 Å². The molecule has 5 nitrogen and oxygen atoms in total. The van der Waals surface area contributed by atoms with Crippen LogP contribution in [0.1, 0.15) is 20.8 Å². The highest BCUT2D eigenvalue weighted by Crippen LogP contribution is 2.22. The molecule has 0 saturated heterocycles. The SMILES string of the molecule is CC(NC(=O)C(C)(C)Oc1cccc(Cl)c1)C(=O)O. The van der Waals surface area contributed by atoms with Gasteiger partial charge in [-0.15, -0.1) is 0 Å². The zero-order valence-electron chi connectivity index (χ0n) is 10.9. The fourth-order valence-electron chi connectivity index (χ4n) is 1.30. The minimum Gasteiger partial charge on any atom is -0.480 e. The first-order valence-corrected chi connectivity index (χ1v) is 6.08. The predicted molar refractivity (Wildman–Crippen MR) is 71.4 cm³/mol. The molecule has 1 aromatic rings. The van der Waals surface area contributed by atoms with Crippen molar-refractivity contribution >= 4 is 23.5 Å². The largest absolute Gasteiger partial charge is 0.480 e. The summed E-state index contributed by atoms with van der Waals surface area (Å²) >= 11 is 5.82. The van der Waals surface area contributed by atoms with Gasteiger partial charge in [-0.05, 0) is 39.0 Å². The molecular formula is C13H16ClNO4. The van der Waals surface area contributed by atoms with E-state index in [-0.39, 0.29) is 0 Å². The van der Waals surface area contributed by atoms with Crippen LogP contribution in [0.3, 0.4) is 0 Å². The maximum atomic E-state index is 11.9. The van der Waals surface area contributed by atoms with Crippen molar-refractivity contribution in [2.45, 2.75) is 32.4 Å². The molecule has 0 aromatic heterocycles. The summed E-state index contributed by atoms with van der Waals surface area (Å²) in [5.41, 5.74) is -1.20. The van der Waals surface area contributed by atoms with Crippen molar-refractivity contribution in [3.63, 3.8) is 0 Å². The van der Waals surface area contributed by atoms with Gasteiger partial charge in [0.2, 0.25) is 0 Å². The van der Waals surface area contributed by atoms with E-state index in [9.17, 15) is 9.59 Å². The quantitative estimate of drug-likeness (QED) is 0.868.